The molecule has 1 aliphatic rings. The highest BCUT2D eigenvalue weighted by Crippen LogP contribution is 2.20. The number of ether oxygens (including phenoxy) is 1. The van der Waals surface area contributed by atoms with E-state index in [-0.39, 0.29) is 0 Å². The fourth-order valence-electron chi connectivity index (χ4n) is 2.27. The summed E-state index contributed by atoms with van der Waals surface area (Å²) >= 11 is 0. The van der Waals surface area contributed by atoms with Gasteiger partial charge in [0.1, 0.15) is 6.73 Å². The fourth-order valence-corrected chi connectivity index (χ4v) is 3.03. The molecule has 0 amide bonds. The summed E-state index contributed by atoms with van der Waals surface area (Å²) < 4.78 is 8.08. The average molecular weight is 280 g/mol. The zero-order chi connectivity index (χ0) is 13.9. The molecule has 0 N–H and O–H groups in total. The Morgan fingerprint density at radius 1 is 1.37 bits per heavy atom. The normalized spacial score (nSPS) is 20.5. The molecule has 0 spiro atoms. The smallest absolute Gasteiger partial charge is 0.122 e. The number of hydrogen-bond donors (Lipinski definition) is 0. The molecule has 108 valence electrons. The third-order valence-corrected chi connectivity index (χ3v) is 5.68. The number of nitrogens with zero attached hydrogens (tertiary/aromatic N) is 2. The maximum atomic E-state index is 5.83. The van der Waals surface area contributed by atoms with E-state index in [1.54, 1.807) is 0 Å². The first kappa shape index (κ1) is 14.8. The van der Waals surface area contributed by atoms with Crippen molar-refractivity contribution in [2.24, 2.45) is 0 Å². The lowest BCUT2D eigenvalue weighted by Gasteiger charge is -2.38. The van der Waals surface area contributed by atoms with E-state index in [4.69, 9.17) is 4.74 Å². The molecule has 1 aliphatic heterocycles. The zero-order valence-electron chi connectivity index (χ0n) is 12.9. The van der Waals surface area contributed by atoms with Crippen LogP contribution in [0.3, 0.4) is 0 Å². The molecule has 4 heteroatoms. The van der Waals surface area contributed by atoms with Gasteiger partial charge >= 0.3 is 0 Å². The van der Waals surface area contributed by atoms with Gasteiger partial charge in [0.05, 0.1) is 0 Å². The van der Waals surface area contributed by atoms with Gasteiger partial charge in [-0.2, -0.15) is 0 Å². The summed E-state index contributed by atoms with van der Waals surface area (Å²) in [5.41, 5.74) is 1.37. The Morgan fingerprint density at radius 3 is 2.74 bits per heavy atom. The standard InChI is InChI=1S/C15H28N2OSi/c1-14-7-9-16(14)12-15-6-5-8-17(15)13-18-10-11-19(2,3)4/h5-6,8,14H,7,9-13H2,1-4H3/t14-/m0/s1. The van der Waals surface area contributed by atoms with E-state index >= 15 is 0 Å². The van der Waals surface area contributed by atoms with Crippen LogP contribution in [0.5, 0.6) is 0 Å². The minimum Gasteiger partial charge on any atom is -0.361 e. The van der Waals surface area contributed by atoms with Crippen molar-refractivity contribution in [3.63, 3.8) is 0 Å². The lowest BCUT2D eigenvalue weighted by Crippen LogP contribution is -2.45. The lowest BCUT2D eigenvalue weighted by molar-refractivity contribution is 0.0703. The molecular weight excluding hydrogens is 252 g/mol. The van der Waals surface area contributed by atoms with Crippen molar-refractivity contribution in [2.45, 2.75) is 58.3 Å². The van der Waals surface area contributed by atoms with E-state index in [1.807, 2.05) is 0 Å². The van der Waals surface area contributed by atoms with E-state index < -0.39 is 8.07 Å². The highest BCUT2D eigenvalue weighted by Gasteiger charge is 2.23. The molecule has 1 atom stereocenters. The second kappa shape index (κ2) is 6.24. The third-order valence-electron chi connectivity index (χ3n) is 3.97. The quantitative estimate of drug-likeness (QED) is 0.562. The van der Waals surface area contributed by atoms with Crippen molar-refractivity contribution in [1.29, 1.82) is 0 Å². The number of rotatable bonds is 7. The first-order valence-corrected chi connectivity index (χ1v) is 11.1. The predicted molar refractivity (Wildman–Crippen MR) is 83.0 cm³/mol. The molecule has 3 nitrogen and oxygen atoms in total. The van der Waals surface area contributed by atoms with Crippen LogP contribution in [-0.4, -0.2) is 36.7 Å². The van der Waals surface area contributed by atoms with Gasteiger partial charge < -0.3 is 9.30 Å². The van der Waals surface area contributed by atoms with E-state index in [1.165, 1.54) is 24.7 Å². The van der Waals surface area contributed by atoms with Crippen LogP contribution < -0.4 is 0 Å². The van der Waals surface area contributed by atoms with Crippen molar-refractivity contribution in [2.75, 3.05) is 13.2 Å². The minimum absolute atomic E-state index is 0.703. The van der Waals surface area contributed by atoms with E-state index in [9.17, 15) is 0 Å². The number of likely N-dealkylation sites (tertiary alicyclic amines) is 1. The zero-order valence-corrected chi connectivity index (χ0v) is 13.9. The third kappa shape index (κ3) is 4.47. The van der Waals surface area contributed by atoms with Crippen LogP contribution in [0.1, 0.15) is 19.0 Å². The van der Waals surface area contributed by atoms with Gasteiger partial charge in [-0.3, -0.25) is 4.90 Å². The summed E-state index contributed by atoms with van der Waals surface area (Å²) in [5, 5.41) is 0. The monoisotopic (exact) mass is 280 g/mol. The van der Waals surface area contributed by atoms with Crippen molar-refractivity contribution >= 4 is 8.07 Å². The van der Waals surface area contributed by atoms with Crippen LogP contribution in [0.4, 0.5) is 0 Å². The first-order valence-electron chi connectivity index (χ1n) is 7.41. The molecule has 1 aromatic heterocycles. The molecular formula is C15H28N2OSi. The largest absolute Gasteiger partial charge is 0.361 e. The Bertz CT molecular complexity index is 397. The molecule has 0 saturated carbocycles. The Kier molecular flexibility index (Phi) is 4.87. The topological polar surface area (TPSA) is 17.4 Å². The molecule has 2 heterocycles. The summed E-state index contributed by atoms with van der Waals surface area (Å²) in [5.74, 6) is 0. The highest BCUT2D eigenvalue weighted by molar-refractivity contribution is 6.76. The Hall–Kier alpha value is -0.583. The van der Waals surface area contributed by atoms with Crippen LogP contribution in [0.2, 0.25) is 25.7 Å². The fraction of sp³-hybridized carbons (Fsp3) is 0.733. The minimum atomic E-state index is -0.967. The van der Waals surface area contributed by atoms with Gasteiger partial charge in [-0.1, -0.05) is 19.6 Å². The summed E-state index contributed by atoms with van der Waals surface area (Å²) in [7, 11) is -0.967. The molecule has 1 aromatic rings. The maximum Gasteiger partial charge on any atom is 0.122 e. The molecule has 0 aliphatic carbocycles. The Balaban J connectivity index is 1.76. The summed E-state index contributed by atoms with van der Waals surface area (Å²) in [6, 6.07) is 6.33. The van der Waals surface area contributed by atoms with Gasteiger partial charge in [0.15, 0.2) is 0 Å². The van der Waals surface area contributed by atoms with Crippen LogP contribution in [0.25, 0.3) is 0 Å². The van der Waals surface area contributed by atoms with Crippen LogP contribution in [-0.2, 0) is 18.0 Å². The highest BCUT2D eigenvalue weighted by atomic mass is 28.3. The van der Waals surface area contributed by atoms with Crippen molar-refractivity contribution < 1.29 is 4.74 Å². The number of aromatic nitrogens is 1. The molecule has 0 aromatic carbocycles. The van der Waals surface area contributed by atoms with Gasteiger partial charge in [-0.25, -0.2) is 0 Å². The molecule has 19 heavy (non-hydrogen) atoms. The van der Waals surface area contributed by atoms with E-state index in [0.717, 1.165) is 19.2 Å². The summed E-state index contributed by atoms with van der Waals surface area (Å²) in [6.45, 7) is 13.4. The van der Waals surface area contributed by atoms with Gasteiger partial charge in [-0.05, 0) is 31.5 Å². The van der Waals surface area contributed by atoms with Crippen LogP contribution in [0, 0.1) is 0 Å². The molecule has 1 fully saturated rings. The first-order chi connectivity index (χ1) is 8.96. The summed E-state index contributed by atoms with van der Waals surface area (Å²) in [4.78, 5) is 2.52. The van der Waals surface area contributed by atoms with Crippen LogP contribution >= 0.6 is 0 Å². The van der Waals surface area contributed by atoms with Gasteiger partial charge in [0.2, 0.25) is 0 Å². The van der Waals surface area contributed by atoms with Crippen LogP contribution in [0.15, 0.2) is 18.3 Å². The SMILES string of the molecule is C[C@H]1CCN1Cc1cccn1COCC[Si](C)(C)C. The Labute approximate surface area is 118 Å². The predicted octanol–water partition coefficient (Wildman–Crippen LogP) is 3.39. The van der Waals surface area contributed by atoms with E-state index in [0.29, 0.717) is 6.73 Å². The Morgan fingerprint density at radius 2 is 2.16 bits per heavy atom. The number of hydrogen-bond acceptors (Lipinski definition) is 2. The molecule has 2 rings (SSSR count). The molecule has 0 bridgehead atoms. The van der Waals surface area contributed by atoms with Crippen molar-refractivity contribution in [3.8, 4) is 0 Å². The average Bonchev–Trinajstić information content (AvgIpc) is 2.76. The van der Waals surface area contributed by atoms with Gasteiger partial charge in [0.25, 0.3) is 0 Å². The lowest BCUT2D eigenvalue weighted by atomic mass is 10.1. The molecule has 0 radical (unpaired) electrons. The molecule has 0 unspecified atom stereocenters. The van der Waals surface area contributed by atoms with Crippen molar-refractivity contribution in [1.82, 2.24) is 9.47 Å². The van der Waals surface area contributed by atoms with Gasteiger partial charge in [-0.15, -0.1) is 0 Å². The molecule has 1 saturated heterocycles. The van der Waals surface area contributed by atoms with Gasteiger partial charge in [0, 0.05) is 45.7 Å². The maximum absolute atomic E-state index is 5.83. The second-order valence-corrected chi connectivity index (χ2v) is 12.5. The summed E-state index contributed by atoms with van der Waals surface area (Å²) in [6.07, 6.45) is 3.47. The second-order valence-electron chi connectivity index (χ2n) is 6.93. The van der Waals surface area contributed by atoms with E-state index in [2.05, 4.69) is 54.4 Å². The van der Waals surface area contributed by atoms with Crippen molar-refractivity contribution in [3.05, 3.63) is 24.0 Å².